The van der Waals surface area contributed by atoms with Gasteiger partial charge in [0.1, 0.15) is 0 Å². The van der Waals surface area contributed by atoms with Crippen LogP contribution in [0.3, 0.4) is 0 Å². The summed E-state index contributed by atoms with van der Waals surface area (Å²) in [5.41, 5.74) is 0.813. The zero-order valence-electron chi connectivity index (χ0n) is 7.61. The van der Waals surface area contributed by atoms with E-state index >= 15 is 0 Å². The fourth-order valence-corrected chi connectivity index (χ4v) is 0.875. The summed E-state index contributed by atoms with van der Waals surface area (Å²) in [6.07, 6.45) is 1.84. The molecule has 1 aromatic heterocycles. The Morgan fingerprint density at radius 1 is 1.46 bits per heavy atom. The number of ether oxygens (including phenoxy) is 2. The van der Waals surface area contributed by atoms with Gasteiger partial charge in [0, 0.05) is 12.3 Å². The molecule has 0 bridgehead atoms. The van der Waals surface area contributed by atoms with Crippen molar-refractivity contribution in [2.75, 3.05) is 14.2 Å². The van der Waals surface area contributed by atoms with E-state index in [4.69, 9.17) is 4.74 Å². The summed E-state index contributed by atoms with van der Waals surface area (Å²) in [5.74, 6) is 0.264. The Bertz CT molecular complexity index is 281. The number of hydrogen-bond acceptors (Lipinski definition) is 4. The maximum absolute atomic E-state index is 10.9. The van der Waals surface area contributed by atoms with Gasteiger partial charge in [-0.05, 0) is 5.56 Å². The van der Waals surface area contributed by atoms with Crippen molar-refractivity contribution < 1.29 is 14.3 Å². The smallest absolute Gasteiger partial charge is 0.310 e. The Kier molecular flexibility index (Phi) is 3.25. The molecule has 0 aliphatic heterocycles. The second kappa shape index (κ2) is 4.45. The minimum atomic E-state index is -0.271. The Morgan fingerprint density at radius 2 is 2.23 bits per heavy atom. The van der Waals surface area contributed by atoms with Crippen LogP contribution < -0.4 is 4.74 Å². The molecule has 1 aromatic rings. The molecule has 0 radical (unpaired) electrons. The molecule has 0 fully saturated rings. The molecule has 70 valence electrons. The van der Waals surface area contributed by atoms with Crippen molar-refractivity contribution in [1.29, 1.82) is 0 Å². The van der Waals surface area contributed by atoms with Crippen molar-refractivity contribution in [2.45, 2.75) is 6.42 Å². The molecule has 1 rings (SSSR count). The van der Waals surface area contributed by atoms with Gasteiger partial charge in [-0.25, -0.2) is 4.98 Å². The zero-order valence-corrected chi connectivity index (χ0v) is 7.61. The Morgan fingerprint density at radius 3 is 2.69 bits per heavy atom. The van der Waals surface area contributed by atoms with Gasteiger partial charge in [0.2, 0.25) is 5.88 Å². The van der Waals surface area contributed by atoms with Crippen LogP contribution >= 0.6 is 0 Å². The van der Waals surface area contributed by atoms with E-state index in [0.29, 0.717) is 5.88 Å². The molecule has 0 spiro atoms. The molecule has 4 nitrogen and oxygen atoms in total. The third-order valence-corrected chi connectivity index (χ3v) is 1.58. The number of nitrogens with zero attached hydrogens (tertiary/aromatic N) is 1. The van der Waals surface area contributed by atoms with Gasteiger partial charge in [0.25, 0.3) is 0 Å². The topological polar surface area (TPSA) is 48.4 Å². The van der Waals surface area contributed by atoms with Gasteiger partial charge in [0.05, 0.1) is 20.6 Å². The van der Waals surface area contributed by atoms with Crippen LogP contribution in [-0.4, -0.2) is 25.2 Å². The SMILES string of the molecule is COC(=O)Cc1ccc(OC)nc1. The molecule has 1 heterocycles. The lowest BCUT2D eigenvalue weighted by Crippen LogP contribution is -2.04. The second-order valence-electron chi connectivity index (χ2n) is 2.46. The maximum Gasteiger partial charge on any atom is 0.310 e. The van der Waals surface area contributed by atoms with Gasteiger partial charge in [0.15, 0.2) is 0 Å². The maximum atomic E-state index is 10.9. The molecule has 0 aromatic carbocycles. The van der Waals surface area contributed by atoms with Gasteiger partial charge in [-0.15, -0.1) is 0 Å². The summed E-state index contributed by atoms with van der Waals surface area (Å²) in [7, 11) is 2.90. The molecule has 0 amide bonds. The molecule has 0 saturated carbocycles. The van der Waals surface area contributed by atoms with Crippen LogP contribution in [0.25, 0.3) is 0 Å². The highest BCUT2D eigenvalue weighted by molar-refractivity contribution is 5.72. The van der Waals surface area contributed by atoms with E-state index in [1.54, 1.807) is 25.4 Å². The minimum Gasteiger partial charge on any atom is -0.481 e. The van der Waals surface area contributed by atoms with Crippen molar-refractivity contribution in [3.63, 3.8) is 0 Å². The van der Waals surface area contributed by atoms with E-state index in [1.165, 1.54) is 7.11 Å². The third kappa shape index (κ3) is 2.74. The Balaban J connectivity index is 2.64. The molecule has 4 heteroatoms. The van der Waals surface area contributed by atoms with Crippen molar-refractivity contribution in [3.8, 4) is 5.88 Å². The normalized spacial score (nSPS) is 9.38. The van der Waals surface area contributed by atoms with E-state index in [2.05, 4.69) is 9.72 Å². The van der Waals surface area contributed by atoms with Crippen LogP contribution in [0.1, 0.15) is 5.56 Å². The number of pyridine rings is 1. The molecule has 0 aliphatic rings. The lowest BCUT2D eigenvalue weighted by atomic mass is 10.2. The van der Waals surface area contributed by atoms with Gasteiger partial charge >= 0.3 is 5.97 Å². The van der Waals surface area contributed by atoms with Crippen LogP contribution in [0.15, 0.2) is 18.3 Å². The molecule has 0 aliphatic carbocycles. The zero-order chi connectivity index (χ0) is 9.68. The van der Waals surface area contributed by atoms with Gasteiger partial charge in [-0.1, -0.05) is 6.07 Å². The van der Waals surface area contributed by atoms with Crippen LogP contribution in [0, 0.1) is 0 Å². The van der Waals surface area contributed by atoms with Crippen LogP contribution in [0.2, 0.25) is 0 Å². The number of hydrogen-bond donors (Lipinski definition) is 0. The summed E-state index contributed by atoms with van der Waals surface area (Å²) >= 11 is 0. The van der Waals surface area contributed by atoms with E-state index in [9.17, 15) is 4.79 Å². The number of aromatic nitrogens is 1. The lowest BCUT2D eigenvalue weighted by molar-refractivity contribution is -0.139. The van der Waals surface area contributed by atoms with Crippen molar-refractivity contribution >= 4 is 5.97 Å². The number of carbonyl (C=O) groups excluding carboxylic acids is 1. The van der Waals surface area contributed by atoms with Crippen LogP contribution in [0.5, 0.6) is 5.88 Å². The average Bonchev–Trinajstić information content (AvgIpc) is 2.19. The van der Waals surface area contributed by atoms with Crippen LogP contribution in [-0.2, 0) is 16.0 Å². The van der Waals surface area contributed by atoms with Crippen molar-refractivity contribution in [2.24, 2.45) is 0 Å². The minimum absolute atomic E-state index is 0.244. The molecular formula is C9H11NO3. The molecule has 13 heavy (non-hydrogen) atoms. The standard InChI is InChI=1S/C9H11NO3/c1-12-8-4-3-7(6-10-8)5-9(11)13-2/h3-4,6H,5H2,1-2H3. The Hall–Kier alpha value is -1.58. The quantitative estimate of drug-likeness (QED) is 0.647. The van der Waals surface area contributed by atoms with Crippen LogP contribution in [0.4, 0.5) is 0 Å². The first kappa shape index (κ1) is 9.51. The highest BCUT2D eigenvalue weighted by atomic mass is 16.5. The number of rotatable bonds is 3. The molecular weight excluding hydrogens is 170 g/mol. The summed E-state index contributed by atoms with van der Waals surface area (Å²) in [6, 6.07) is 3.49. The molecule has 0 unspecified atom stereocenters. The van der Waals surface area contributed by atoms with E-state index < -0.39 is 0 Å². The van der Waals surface area contributed by atoms with Crippen molar-refractivity contribution in [1.82, 2.24) is 4.98 Å². The summed E-state index contributed by atoms with van der Waals surface area (Å²) in [6.45, 7) is 0. The highest BCUT2D eigenvalue weighted by Crippen LogP contribution is 2.07. The second-order valence-corrected chi connectivity index (χ2v) is 2.46. The summed E-state index contributed by atoms with van der Waals surface area (Å²) in [5, 5.41) is 0. The predicted octanol–water partition coefficient (Wildman–Crippen LogP) is 0.806. The lowest BCUT2D eigenvalue weighted by Gasteiger charge is -2.00. The van der Waals surface area contributed by atoms with E-state index in [-0.39, 0.29) is 12.4 Å². The third-order valence-electron chi connectivity index (χ3n) is 1.58. The van der Waals surface area contributed by atoms with E-state index in [1.807, 2.05) is 0 Å². The summed E-state index contributed by atoms with van der Waals surface area (Å²) < 4.78 is 9.39. The van der Waals surface area contributed by atoms with E-state index in [0.717, 1.165) is 5.56 Å². The highest BCUT2D eigenvalue weighted by Gasteiger charge is 2.02. The largest absolute Gasteiger partial charge is 0.481 e. The van der Waals surface area contributed by atoms with Gasteiger partial charge < -0.3 is 9.47 Å². The fraction of sp³-hybridized carbons (Fsp3) is 0.333. The first-order chi connectivity index (χ1) is 6.26. The fourth-order valence-electron chi connectivity index (χ4n) is 0.875. The average molecular weight is 181 g/mol. The molecule has 0 atom stereocenters. The predicted molar refractivity (Wildman–Crippen MR) is 46.5 cm³/mol. The first-order valence-corrected chi connectivity index (χ1v) is 3.82. The Labute approximate surface area is 76.5 Å². The van der Waals surface area contributed by atoms with Gasteiger partial charge in [-0.3, -0.25) is 4.79 Å². The van der Waals surface area contributed by atoms with Gasteiger partial charge in [-0.2, -0.15) is 0 Å². The monoisotopic (exact) mass is 181 g/mol. The van der Waals surface area contributed by atoms with Crippen molar-refractivity contribution in [3.05, 3.63) is 23.9 Å². The first-order valence-electron chi connectivity index (χ1n) is 3.82. The number of carbonyl (C=O) groups is 1. The number of esters is 1. The summed E-state index contributed by atoms with van der Waals surface area (Å²) in [4.78, 5) is 14.8. The molecule has 0 N–H and O–H groups in total. The number of methoxy groups -OCH3 is 2. The molecule has 0 saturated heterocycles.